The summed E-state index contributed by atoms with van der Waals surface area (Å²) >= 11 is 6.14. The largest absolute Gasteiger partial charge is 0.426 e. The van der Waals surface area contributed by atoms with E-state index in [4.69, 9.17) is 16.3 Å². The Morgan fingerprint density at radius 2 is 2.21 bits per heavy atom. The summed E-state index contributed by atoms with van der Waals surface area (Å²) in [6.07, 6.45) is 1.79. The van der Waals surface area contributed by atoms with Crippen LogP contribution >= 0.6 is 11.6 Å². The van der Waals surface area contributed by atoms with E-state index in [0.29, 0.717) is 31.6 Å². The van der Waals surface area contributed by atoms with Gasteiger partial charge in [0.25, 0.3) is 0 Å². The number of carbonyl (C=O) groups is 1. The van der Waals surface area contributed by atoms with Gasteiger partial charge in [-0.05, 0) is 11.6 Å². The molecule has 5 heteroatoms. The van der Waals surface area contributed by atoms with Crippen molar-refractivity contribution < 1.29 is 14.6 Å². The molecular formula is C14H14ClNO3. The first-order valence-corrected chi connectivity index (χ1v) is 6.57. The summed E-state index contributed by atoms with van der Waals surface area (Å²) in [6, 6.07) is 7.68. The van der Waals surface area contributed by atoms with Gasteiger partial charge in [-0.15, -0.1) is 0 Å². The van der Waals surface area contributed by atoms with Gasteiger partial charge in [-0.2, -0.15) is 0 Å². The molecule has 19 heavy (non-hydrogen) atoms. The second kappa shape index (κ2) is 4.63. The van der Waals surface area contributed by atoms with E-state index in [1.807, 2.05) is 24.3 Å². The monoisotopic (exact) mass is 279 g/mol. The standard InChI is InChI=1S/C14H14ClNO3/c15-12-4-2-1-3-10(12)8-16-6-5-14(18)11(9-16)7-13(17)19-14/h1-4,7,18H,5-6,8-9H2. The smallest absolute Gasteiger partial charge is 0.333 e. The first-order valence-electron chi connectivity index (χ1n) is 6.19. The Hall–Kier alpha value is -1.36. The molecular weight excluding hydrogens is 266 g/mol. The molecule has 1 aromatic rings. The number of fused-ring (bicyclic) bond motifs is 1. The molecule has 1 atom stereocenters. The summed E-state index contributed by atoms with van der Waals surface area (Å²) < 4.78 is 4.95. The number of hydrogen-bond acceptors (Lipinski definition) is 4. The van der Waals surface area contributed by atoms with Crippen molar-refractivity contribution in [1.82, 2.24) is 4.90 Å². The summed E-state index contributed by atoms with van der Waals surface area (Å²) in [6.45, 7) is 1.88. The van der Waals surface area contributed by atoms with Crippen molar-refractivity contribution in [3.63, 3.8) is 0 Å². The fraction of sp³-hybridized carbons (Fsp3) is 0.357. The van der Waals surface area contributed by atoms with Gasteiger partial charge in [-0.3, -0.25) is 4.90 Å². The third-order valence-corrected chi connectivity index (χ3v) is 3.94. The van der Waals surface area contributed by atoms with Gasteiger partial charge in [0, 0.05) is 42.7 Å². The van der Waals surface area contributed by atoms with E-state index < -0.39 is 11.8 Å². The molecule has 1 saturated heterocycles. The molecule has 1 unspecified atom stereocenters. The minimum atomic E-state index is -1.38. The number of benzene rings is 1. The third kappa shape index (κ3) is 2.39. The molecule has 2 aliphatic heterocycles. The van der Waals surface area contributed by atoms with Crippen LogP contribution in [0.2, 0.25) is 5.02 Å². The Balaban J connectivity index is 1.74. The molecule has 0 radical (unpaired) electrons. The normalized spacial score (nSPS) is 26.8. The minimum absolute atomic E-state index is 0.398. The molecule has 100 valence electrons. The Labute approximate surface area is 116 Å². The van der Waals surface area contributed by atoms with Gasteiger partial charge in [-0.1, -0.05) is 29.8 Å². The van der Waals surface area contributed by atoms with Crippen molar-refractivity contribution in [2.24, 2.45) is 0 Å². The highest BCUT2D eigenvalue weighted by Gasteiger charge is 2.44. The van der Waals surface area contributed by atoms with Crippen molar-refractivity contribution in [3.8, 4) is 0 Å². The summed E-state index contributed by atoms with van der Waals surface area (Å²) in [4.78, 5) is 13.4. The topological polar surface area (TPSA) is 49.8 Å². The maximum Gasteiger partial charge on any atom is 0.333 e. The highest BCUT2D eigenvalue weighted by atomic mass is 35.5. The first-order chi connectivity index (χ1) is 9.07. The van der Waals surface area contributed by atoms with E-state index in [-0.39, 0.29) is 0 Å². The zero-order valence-corrected chi connectivity index (χ0v) is 11.1. The maximum absolute atomic E-state index is 11.2. The number of nitrogens with zero attached hydrogens (tertiary/aromatic N) is 1. The Morgan fingerprint density at radius 1 is 1.42 bits per heavy atom. The lowest BCUT2D eigenvalue weighted by molar-refractivity contribution is -0.189. The Bertz CT molecular complexity index is 557. The molecule has 1 N–H and O–H groups in total. The van der Waals surface area contributed by atoms with Crippen molar-refractivity contribution in [1.29, 1.82) is 0 Å². The molecule has 0 amide bonds. The van der Waals surface area contributed by atoms with E-state index >= 15 is 0 Å². The Morgan fingerprint density at radius 3 is 3.00 bits per heavy atom. The number of piperidine rings is 1. The predicted molar refractivity (Wildman–Crippen MR) is 70.5 cm³/mol. The molecule has 2 aliphatic rings. The fourth-order valence-electron chi connectivity index (χ4n) is 2.53. The second-order valence-electron chi connectivity index (χ2n) is 4.93. The molecule has 1 aromatic carbocycles. The van der Waals surface area contributed by atoms with Crippen LogP contribution < -0.4 is 0 Å². The SMILES string of the molecule is O=C1C=C2CN(Cc3ccccc3Cl)CCC2(O)O1. The molecule has 1 fully saturated rings. The van der Waals surface area contributed by atoms with Gasteiger partial charge >= 0.3 is 5.97 Å². The van der Waals surface area contributed by atoms with E-state index in [2.05, 4.69) is 4.90 Å². The van der Waals surface area contributed by atoms with Gasteiger partial charge in [0.1, 0.15) is 0 Å². The van der Waals surface area contributed by atoms with Gasteiger partial charge < -0.3 is 9.84 Å². The predicted octanol–water partition coefficient (Wildman–Crippen LogP) is 1.72. The van der Waals surface area contributed by atoms with E-state index in [0.717, 1.165) is 10.6 Å². The van der Waals surface area contributed by atoms with Crippen molar-refractivity contribution >= 4 is 17.6 Å². The van der Waals surface area contributed by atoms with Crippen molar-refractivity contribution in [2.45, 2.75) is 18.8 Å². The van der Waals surface area contributed by atoms with E-state index in [1.54, 1.807) is 0 Å². The van der Waals surface area contributed by atoms with Crippen LogP contribution in [0.3, 0.4) is 0 Å². The number of aliphatic hydroxyl groups is 1. The fourth-order valence-corrected chi connectivity index (χ4v) is 2.72. The zero-order chi connectivity index (χ0) is 13.5. The summed E-state index contributed by atoms with van der Waals surface area (Å²) in [5.41, 5.74) is 1.68. The number of rotatable bonds is 2. The van der Waals surface area contributed by atoms with Crippen LogP contribution in [0.5, 0.6) is 0 Å². The van der Waals surface area contributed by atoms with Crippen LogP contribution in [-0.4, -0.2) is 34.9 Å². The molecule has 4 nitrogen and oxygen atoms in total. The molecule has 0 saturated carbocycles. The lowest BCUT2D eigenvalue weighted by Crippen LogP contribution is -2.45. The number of esters is 1. The van der Waals surface area contributed by atoms with Gasteiger partial charge in [-0.25, -0.2) is 4.79 Å². The van der Waals surface area contributed by atoms with Gasteiger partial charge in [0.15, 0.2) is 0 Å². The summed E-state index contributed by atoms with van der Waals surface area (Å²) in [5.74, 6) is -1.84. The molecule has 2 heterocycles. The molecule has 0 aromatic heterocycles. The van der Waals surface area contributed by atoms with Crippen molar-refractivity contribution in [2.75, 3.05) is 13.1 Å². The van der Waals surface area contributed by atoms with Crippen molar-refractivity contribution in [3.05, 3.63) is 46.5 Å². The van der Waals surface area contributed by atoms with E-state index in [9.17, 15) is 9.90 Å². The van der Waals surface area contributed by atoms with Crippen LogP contribution in [0.1, 0.15) is 12.0 Å². The van der Waals surface area contributed by atoms with Crippen LogP contribution in [-0.2, 0) is 16.1 Å². The number of halogens is 1. The maximum atomic E-state index is 11.2. The summed E-state index contributed by atoms with van der Waals surface area (Å²) in [7, 11) is 0. The number of ether oxygens (including phenoxy) is 1. The zero-order valence-electron chi connectivity index (χ0n) is 10.3. The average Bonchev–Trinajstić information content (AvgIpc) is 2.66. The highest BCUT2D eigenvalue weighted by Crippen LogP contribution is 2.34. The number of likely N-dealkylation sites (tertiary alicyclic amines) is 1. The Kier molecular flexibility index (Phi) is 3.09. The first kappa shape index (κ1) is 12.7. The average molecular weight is 280 g/mol. The molecule has 0 spiro atoms. The second-order valence-corrected chi connectivity index (χ2v) is 5.33. The van der Waals surface area contributed by atoms with E-state index in [1.165, 1.54) is 6.08 Å². The number of carbonyl (C=O) groups excluding carboxylic acids is 1. The molecule has 3 rings (SSSR count). The molecule has 0 aliphatic carbocycles. The summed E-state index contributed by atoms with van der Waals surface area (Å²) in [5, 5.41) is 10.9. The highest BCUT2D eigenvalue weighted by molar-refractivity contribution is 6.31. The van der Waals surface area contributed by atoms with Crippen LogP contribution in [0, 0.1) is 0 Å². The third-order valence-electron chi connectivity index (χ3n) is 3.58. The van der Waals surface area contributed by atoms with Crippen LogP contribution in [0.4, 0.5) is 0 Å². The van der Waals surface area contributed by atoms with Crippen LogP contribution in [0.25, 0.3) is 0 Å². The lowest BCUT2D eigenvalue weighted by atomic mass is 9.98. The van der Waals surface area contributed by atoms with Crippen LogP contribution in [0.15, 0.2) is 35.9 Å². The lowest BCUT2D eigenvalue weighted by Gasteiger charge is -2.36. The molecule has 0 bridgehead atoms. The minimum Gasteiger partial charge on any atom is -0.426 e. The number of hydrogen-bond donors (Lipinski definition) is 1. The quantitative estimate of drug-likeness (QED) is 0.838. The van der Waals surface area contributed by atoms with Gasteiger partial charge in [0.05, 0.1) is 0 Å². The van der Waals surface area contributed by atoms with Gasteiger partial charge in [0.2, 0.25) is 5.79 Å².